The summed E-state index contributed by atoms with van der Waals surface area (Å²) in [5.74, 6) is 0. The van der Waals surface area contributed by atoms with Crippen molar-refractivity contribution < 1.29 is 4.74 Å². The first-order valence-corrected chi connectivity index (χ1v) is 3.20. The van der Waals surface area contributed by atoms with E-state index < -0.39 is 0 Å². The third kappa shape index (κ3) is 15.7. The van der Waals surface area contributed by atoms with Crippen molar-refractivity contribution in [1.29, 1.82) is 0 Å². The molecule has 66 valence electrons. The Balaban J connectivity index is -0.000000245. The molecule has 0 N–H and O–H groups in total. The SMILES string of the molecule is C.C.CCCOC(C)(C)C. The molecule has 0 aliphatic carbocycles. The molecular weight excluding hydrogens is 124 g/mol. The maximum atomic E-state index is 5.38. The molecule has 0 heterocycles. The minimum atomic E-state index is 0. The normalized spacial score (nSPS) is 9.60. The lowest BCUT2D eigenvalue weighted by Crippen LogP contribution is -2.19. The lowest BCUT2D eigenvalue weighted by molar-refractivity contribution is -0.00236. The average molecular weight is 148 g/mol. The van der Waals surface area contributed by atoms with E-state index in [9.17, 15) is 0 Å². The van der Waals surface area contributed by atoms with Gasteiger partial charge in [-0.3, -0.25) is 0 Å². The van der Waals surface area contributed by atoms with E-state index >= 15 is 0 Å². The minimum absolute atomic E-state index is 0. The smallest absolute Gasteiger partial charge is 0.0598 e. The highest BCUT2D eigenvalue weighted by atomic mass is 16.5. The first-order valence-electron chi connectivity index (χ1n) is 3.20. The minimum Gasteiger partial charge on any atom is -0.376 e. The van der Waals surface area contributed by atoms with E-state index in [1.165, 1.54) is 0 Å². The van der Waals surface area contributed by atoms with Gasteiger partial charge in [0.05, 0.1) is 5.60 Å². The molecule has 0 aliphatic rings. The first kappa shape index (κ1) is 16.5. The monoisotopic (exact) mass is 148 g/mol. The number of hydrogen-bond donors (Lipinski definition) is 0. The van der Waals surface area contributed by atoms with Gasteiger partial charge in [0.1, 0.15) is 0 Å². The topological polar surface area (TPSA) is 9.23 Å². The standard InChI is InChI=1S/C7H16O.2CH4/c1-5-6-8-7(2,3)4;;/h5-6H2,1-4H3;2*1H4. The molecule has 0 aromatic carbocycles. The van der Waals surface area contributed by atoms with Crippen LogP contribution in [0.15, 0.2) is 0 Å². The maximum Gasteiger partial charge on any atom is 0.0598 e. The zero-order valence-corrected chi connectivity index (χ0v) is 6.32. The Morgan fingerprint density at radius 1 is 1.10 bits per heavy atom. The van der Waals surface area contributed by atoms with Crippen molar-refractivity contribution in [3.8, 4) is 0 Å². The molecule has 0 aromatic heterocycles. The highest BCUT2D eigenvalue weighted by Gasteiger charge is 2.07. The third-order valence-corrected chi connectivity index (χ3v) is 0.739. The Bertz CT molecular complexity index is 52.2. The summed E-state index contributed by atoms with van der Waals surface area (Å²) in [5.41, 5.74) is 0.0516. The molecule has 0 amide bonds. The van der Waals surface area contributed by atoms with Gasteiger partial charge in [-0.05, 0) is 27.2 Å². The third-order valence-electron chi connectivity index (χ3n) is 0.739. The van der Waals surface area contributed by atoms with E-state index in [-0.39, 0.29) is 20.5 Å². The van der Waals surface area contributed by atoms with Crippen LogP contribution in [0.3, 0.4) is 0 Å². The van der Waals surface area contributed by atoms with Crippen molar-refractivity contribution in [2.45, 2.75) is 54.6 Å². The molecule has 0 bridgehead atoms. The summed E-state index contributed by atoms with van der Waals surface area (Å²) in [7, 11) is 0. The molecule has 0 unspecified atom stereocenters. The lowest BCUT2D eigenvalue weighted by Gasteiger charge is -2.18. The van der Waals surface area contributed by atoms with Gasteiger partial charge in [-0.2, -0.15) is 0 Å². The van der Waals surface area contributed by atoms with Crippen LogP contribution in [0.1, 0.15) is 49.0 Å². The summed E-state index contributed by atoms with van der Waals surface area (Å²) in [6, 6.07) is 0. The van der Waals surface area contributed by atoms with Gasteiger partial charge in [-0.15, -0.1) is 0 Å². The average Bonchev–Trinajstić information content (AvgIpc) is 1.59. The highest BCUT2D eigenvalue weighted by molar-refractivity contribution is 4.57. The summed E-state index contributed by atoms with van der Waals surface area (Å²) >= 11 is 0. The van der Waals surface area contributed by atoms with E-state index in [1.807, 2.05) is 0 Å². The first-order chi connectivity index (χ1) is 3.56. The second-order valence-electron chi connectivity index (χ2n) is 2.96. The Labute approximate surface area is 66.8 Å². The maximum absolute atomic E-state index is 5.38. The van der Waals surface area contributed by atoms with E-state index in [1.54, 1.807) is 0 Å². The van der Waals surface area contributed by atoms with E-state index in [0.29, 0.717) is 0 Å². The van der Waals surface area contributed by atoms with Crippen molar-refractivity contribution in [1.82, 2.24) is 0 Å². The van der Waals surface area contributed by atoms with Crippen LogP contribution < -0.4 is 0 Å². The molecular formula is C9H24O. The van der Waals surface area contributed by atoms with Crippen LogP contribution >= 0.6 is 0 Å². The summed E-state index contributed by atoms with van der Waals surface area (Å²) in [6.07, 6.45) is 1.11. The summed E-state index contributed by atoms with van der Waals surface area (Å²) in [5, 5.41) is 0. The number of rotatable bonds is 2. The van der Waals surface area contributed by atoms with Crippen LogP contribution in [0.2, 0.25) is 0 Å². The molecule has 0 saturated carbocycles. The van der Waals surface area contributed by atoms with Crippen LogP contribution in [-0.2, 0) is 4.74 Å². The second kappa shape index (κ2) is 7.07. The van der Waals surface area contributed by atoms with Gasteiger partial charge < -0.3 is 4.74 Å². The summed E-state index contributed by atoms with van der Waals surface area (Å²) in [6.45, 7) is 9.21. The number of hydrogen-bond acceptors (Lipinski definition) is 1. The largest absolute Gasteiger partial charge is 0.376 e. The van der Waals surface area contributed by atoms with Gasteiger partial charge in [0, 0.05) is 6.61 Å². The Kier molecular flexibility index (Phi) is 11.7. The van der Waals surface area contributed by atoms with E-state index in [0.717, 1.165) is 13.0 Å². The van der Waals surface area contributed by atoms with Crippen molar-refractivity contribution >= 4 is 0 Å². The zero-order chi connectivity index (χ0) is 6.62. The van der Waals surface area contributed by atoms with Gasteiger partial charge in [0.2, 0.25) is 0 Å². The Hall–Kier alpha value is -0.0400. The zero-order valence-electron chi connectivity index (χ0n) is 6.32. The molecule has 0 saturated heterocycles. The van der Waals surface area contributed by atoms with Crippen molar-refractivity contribution in [3.63, 3.8) is 0 Å². The highest BCUT2D eigenvalue weighted by Crippen LogP contribution is 2.05. The van der Waals surface area contributed by atoms with Gasteiger partial charge in [0.15, 0.2) is 0 Å². The Morgan fingerprint density at radius 2 is 1.50 bits per heavy atom. The molecule has 1 nitrogen and oxygen atoms in total. The second-order valence-corrected chi connectivity index (χ2v) is 2.96. The summed E-state index contributed by atoms with van der Waals surface area (Å²) < 4.78 is 5.38. The molecule has 10 heavy (non-hydrogen) atoms. The molecule has 0 aromatic rings. The van der Waals surface area contributed by atoms with E-state index in [2.05, 4.69) is 27.7 Å². The van der Waals surface area contributed by atoms with Crippen LogP contribution in [0.5, 0.6) is 0 Å². The van der Waals surface area contributed by atoms with Crippen LogP contribution in [0.4, 0.5) is 0 Å². The van der Waals surface area contributed by atoms with Crippen molar-refractivity contribution in [2.24, 2.45) is 0 Å². The lowest BCUT2D eigenvalue weighted by atomic mass is 10.2. The van der Waals surface area contributed by atoms with Gasteiger partial charge >= 0.3 is 0 Å². The van der Waals surface area contributed by atoms with Crippen LogP contribution in [0.25, 0.3) is 0 Å². The quantitative estimate of drug-likeness (QED) is 0.582. The Morgan fingerprint density at radius 3 is 1.60 bits per heavy atom. The fourth-order valence-corrected chi connectivity index (χ4v) is 0.408. The van der Waals surface area contributed by atoms with Crippen LogP contribution in [-0.4, -0.2) is 12.2 Å². The molecule has 0 radical (unpaired) electrons. The number of ether oxygens (including phenoxy) is 1. The molecule has 0 spiro atoms. The van der Waals surface area contributed by atoms with Gasteiger partial charge in [0.25, 0.3) is 0 Å². The fourth-order valence-electron chi connectivity index (χ4n) is 0.408. The fraction of sp³-hybridized carbons (Fsp3) is 1.00. The summed E-state index contributed by atoms with van der Waals surface area (Å²) in [4.78, 5) is 0. The molecule has 0 atom stereocenters. The van der Waals surface area contributed by atoms with Gasteiger partial charge in [-0.1, -0.05) is 21.8 Å². The van der Waals surface area contributed by atoms with E-state index in [4.69, 9.17) is 4.74 Å². The molecule has 1 heteroatoms. The van der Waals surface area contributed by atoms with Crippen molar-refractivity contribution in [3.05, 3.63) is 0 Å². The predicted octanol–water partition coefficient (Wildman–Crippen LogP) is 3.48. The molecule has 0 fully saturated rings. The molecule has 0 rings (SSSR count). The van der Waals surface area contributed by atoms with Crippen molar-refractivity contribution in [2.75, 3.05) is 6.61 Å². The predicted molar refractivity (Wildman–Crippen MR) is 49.5 cm³/mol. The molecule has 0 aliphatic heterocycles. The van der Waals surface area contributed by atoms with Gasteiger partial charge in [-0.25, -0.2) is 0 Å². The van der Waals surface area contributed by atoms with Crippen LogP contribution in [0, 0.1) is 0 Å².